The lowest BCUT2D eigenvalue weighted by Crippen LogP contribution is -2.10. The van der Waals surface area contributed by atoms with Gasteiger partial charge in [0.15, 0.2) is 23.0 Å². The van der Waals surface area contributed by atoms with Crippen LogP contribution in [0.15, 0.2) is 207 Å². The smallest absolute Gasteiger partial charge is 0.336 e. The Balaban J connectivity index is 0.931. The van der Waals surface area contributed by atoms with Gasteiger partial charge >= 0.3 is 35.8 Å². The van der Waals surface area contributed by atoms with Gasteiger partial charge in [-0.15, -0.1) is 0 Å². The number of benzene rings is 8. The molecule has 16 heteroatoms. The molecule has 0 bridgehead atoms. The van der Waals surface area contributed by atoms with Crippen molar-refractivity contribution >= 4 is 81.7 Å². The number of carbonyl (C=O) groups excluding carboxylic acids is 6. The van der Waals surface area contributed by atoms with E-state index in [1.165, 1.54) is 50.7 Å². The Morgan fingerprint density at radius 2 is 0.690 bits per heavy atom. The van der Waals surface area contributed by atoms with Crippen LogP contribution in [-0.2, 0) is 38.2 Å². The monoisotopic (exact) mass is 1130 g/mol. The summed E-state index contributed by atoms with van der Waals surface area (Å²) in [6.07, 6.45) is 13.4. The van der Waals surface area contributed by atoms with Gasteiger partial charge in [-0.3, -0.25) is 0 Å². The van der Waals surface area contributed by atoms with E-state index in [2.05, 4.69) is 13.2 Å². The molecule has 16 nitrogen and oxygen atoms in total. The quantitative estimate of drug-likeness (QED) is 0.0227. The topological polar surface area (TPSA) is 195 Å². The van der Waals surface area contributed by atoms with Crippen molar-refractivity contribution in [1.29, 1.82) is 0 Å². The van der Waals surface area contributed by atoms with E-state index in [4.69, 9.17) is 47.4 Å². The zero-order chi connectivity index (χ0) is 59.2. The average molecular weight is 1130 g/mol. The Hall–Kier alpha value is -11.3. The molecule has 0 aliphatic rings. The molecule has 0 atom stereocenters. The van der Waals surface area contributed by atoms with Gasteiger partial charge in [0.1, 0.15) is 49.4 Å². The molecule has 0 unspecified atom stereocenters. The largest absolute Gasteiger partial charge is 0.493 e. The highest BCUT2D eigenvalue weighted by atomic mass is 16.6. The highest BCUT2D eigenvalue weighted by Crippen LogP contribution is 2.46. The fourth-order valence-corrected chi connectivity index (χ4v) is 8.23. The summed E-state index contributed by atoms with van der Waals surface area (Å²) in [5, 5.41) is 3.10. The van der Waals surface area contributed by atoms with Crippen molar-refractivity contribution in [2.45, 2.75) is 0 Å². The highest BCUT2D eigenvalue weighted by molar-refractivity contribution is 6.11. The standard InChI is InChI=1S/C68H54O16/c1-5-61(69)79-41-39-77-51-27-15-45(16-28-51)21-35-63(71)81-55-31-19-47(43-59(55)75-3)23-37-65(73)83-57-33-25-49-11-7-9-13-53(49)67(57)68-54-14-10-8-12-50(54)26-34-58(68)84-66(74)38-24-48-20-32-56(60(44-48)76-4)82-64(72)36-22-46-17-29-52(30-18-46)78-40-42-80-62(70)6-2/h5-38,43-44H,1-2,39-42H2,3-4H3/b35-21+,36-22+,37-23+,38-24+. The summed E-state index contributed by atoms with van der Waals surface area (Å²) in [6.45, 7) is 7.15. The van der Waals surface area contributed by atoms with Gasteiger partial charge in [0.05, 0.1) is 14.2 Å². The van der Waals surface area contributed by atoms with Crippen LogP contribution in [0.5, 0.6) is 46.0 Å². The molecule has 0 N–H and O–H groups in total. The predicted octanol–water partition coefficient (Wildman–Crippen LogP) is 12.4. The zero-order valence-corrected chi connectivity index (χ0v) is 45.6. The van der Waals surface area contributed by atoms with Crippen molar-refractivity contribution in [2.75, 3.05) is 40.6 Å². The molecular formula is C68H54O16. The Kier molecular flexibility index (Phi) is 20.5. The molecule has 8 aromatic rings. The summed E-state index contributed by atoms with van der Waals surface area (Å²) in [5.74, 6) is -1.58. The second-order valence-electron chi connectivity index (χ2n) is 17.7. The summed E-state index contributed by atoms with van der Waals surface area (Å²) in [4.78, 5) is 75.7. The molecule has 0 aromatic heterocycles. The summed E-state index contributed by atoms with van der Waals surface area (Å²) in [7, 11) is 2.85. The van der Waals surface area contributed by atoms with Crippen LogP contribution >= 0.6 is 0 Å². The molecule has 0 aliphatic carbocycles. The molecular weight excluding hydrogens is 1070 g/mol. The van der Waals surface area contributed by atoms with Gasteiger partial charge < -0.3 is 47.4 Å². The van der Waals surface area contributed by atoms with Crippen LogP contribution < -0.4 is 37.9 Å². The van der Waals surface area contributed by atoms with Gasteiger partial charge in [-0.2, -0.15) is 0 Å². The molecule has 0 spiro atoms. The molecule has 0 amide bonds. The second-order valence-corrected chi connectivity index (χ2v) is 17.7. The van der Waals surface area contributed by atoms with Crippen LogP contribution in [-0.4, -0.2) is 76.5 Å². The zero-order valence-electron chi connectivity index (χ0n) is 45.6. The molecule has 0 radical (unpaired) electrons. The van der Waals surface area contributed by atoms with Crippen molar-refractivity contribution in [3.63, 3.8) is 0 Å². The van der Waals surface area contributed by atoms with Gasteiger partial charge in [-0.05, 0) is 129 Å². The third-order valence-corrected chi connectivity index (χ3v) is 12.2. The van der Waals surface area contributed by atoms with Crippen molar-refractivity contribution in [1.82, 2.24) is 0 Å². The number of ether oxygens (including phenoxy) is 10. The third kappa shape index (κ3) is 16.4. The molecule has 0 heterocycles. The van der Waals surface area contributed by atoms with E-state index in [1.54, 1.807) is 109 Å². The van der Waals surface area contributed by atoms with Gasteiger partial charge in [0.25, 0.3) is 0 Å². The van der Waals surface area contributed by atoms with E-state index >= 15 is 0 Å². The minimum absolute atomic E-state index is 0.0698. The molecule has 8 aromatic carbocycles. The van der Waals surface area contributed by atoms with Crippen LogP contribution in [0.25, 0.3) is 57.0 Å². The number of hydrogen-bond donors (Lipinski definition) is 0. The molecule has 0 saturated heterocycles. The number of carbonyl (C=O) groups is 6. The number of esters is 6. The minimum atomic E-state index is -0.716. The van der Waals surface area contributed by atoms with Crippen LogP contribution in [0.4, 0.5) is 0 Å². The first kappa shape index (κ1) is 58.9. The first-order valence-corrected chi connectivity index (χ1v) is 25.9. The Labute approximate surface area is 483 Å². The Bertz CT molecular complexity index is 3620. The first-order valence-electron chi connectivity index (χ1n) is 25.9. The van der Waals surface area contributed by atoms with Crippen LogP contribution in [0.1, 0.15) is 22.3 Å². The maximum absolute atomic E-state index is 13.8. The Morgan fingerprint density at radius 1 is 0.357 bits per heavy atom. The van der Waals surface area contributed by atoms with Crippen LogP contribution in [0.2, 0.25) is 0 Å². The maximum atomic E-state index is 13.8. The second kappa shape index (κ2) is 29.3. The third-order valence-electron chi connectivity index (χ3n) is 12.2. The summed E-state index contributed by atoms with van der Waals surface area (Å²) < 4.78 is 55.4. The normalized spacial score (nSPS) is 11.1. The summed E-state index contributed by atoms with van der Waals surface area (Å²) >= 11 is 0. The van der Waals surface area contributed by atoms with Gasteiger partial charge in [0, 0.05) is 47.6 Å². The fourth-order valence-electron chi connectivity index (χ4n) is 8.23. The highest BCUT2D eigenvalue weighted by Gasteiger charge is 2.22. The Morgan fingerprint density at radius 3 is 1.06 bits per heavy atom. The van der Waals surface area contributed by atoms with Gasteiger partial charge in [0.2, 0.25) is 0 Å². The maximum Gasteiger partial charge on any atom is 0.336 e. The molecule has 8 rings (SSSR count). The van der Waals surface area contributed by atoms with Crippen molar-refractivity contribution in [3.8, 4) is 57.1 Å². The molecule has 0 saturated carbocycles. The van der Waals surface area contributed by atoms with E-state index in [0.717, 1.165) is 33.7 Å². The van der Waals surface area contributed by atoms with E-state index in [-0.39, 0.29) is 60.9 Å². The minimum Gasteiger partial charge on any atom is -0.493 e. The predicted molar refractivity (Wildman–Crippen MR) is 318 cm³/mol. The van der Waals surface area contributed by atoms with E-state index < -0.39 is 35.8 Å². The first-order chi connectivity index (χ1) is 40.9. The average Bonchev–Trinajstić information content (AvgIpc) is 1.66. The lowest BCUT2D eigenvalue weighted by Gasteiger charge is -2.18. The summed E-state index contributed by atoms with van der Waals surface area (Å²) in [5.41, 5.74) is 3.48. The number of hydrogen-bond acceptors (Lipinski definition) is 16. The van der Waals surface area contributed by atoms with Crippen LogP contribution in [0, 0.1) is 0 Å². The number of methoxy groups -OCH3 is 2. The molecule has 422 valence electrons. The number of fused-ring (bicyclic) bond motifs is 2. The molecule has 84 heavy (non-hydrogen) atoms. The van der Waals surface area contributed by atoms with E-state index in [9.17, 15) is 28.8 Å². The van der Waals surface area contributed by atoms with E-state index in [0.29, 0.717) is 44.9 Å². The lowest BCUT2D eigenvalue weighted by atomic mass is 9.92. The van der Waals surface area contributed by atoms with Gasteiger partial charge in [-0.25, -0.2) is 28.8 Å². The van der Waals surface area contributed by atoms with E-state index in [1.807, 2.05) is 60.7 Å². The number of rotatable bonds is 25. The van der Waals surface area contributed by atoms with Gasteiger partial charge in [-0.1, -0.05) is 110 Å². The molecule has 0 aliphatic heterocycles. The summed E-state index contributed by atoms with van der Waals surface area (Å²) in [6, 6.07) is 45.5. The molecule has 0 fully saturated rings. The SMILES string of the molecule is C=CC(=O)OCCOc1ccc(/C=C/C(=O)Oc2ccc(/C=C/C(=O)Oc3ccc4ccccc4c3-c3c(OC(=O)/C=C/c4ccc(OC(=O)/C=C/c5ccc(OCCOC(=O)C=C)cc5)c(OC)c4)ccc4ccccc34)cc2OC)cc1. The van der Waals surface area contributed by atoms with Crippen molar-refractivity contribution in [2.24, 2.45) is 0 Å². The van der Waals surface area contributed by atoms with Crippen molar-refractivity contribution in [3.05, 3.63) is 230 Å². The van der Waals surface area contributed by atoms with Crippen molar-refractivity contribution < 1.29 is 76.1 Å². The lowest BCUT2D eigenvalue weighted by molar-refractivity contribution is -0.139. The van der Waals surface area contributed by atoms with Crippen LogP contribution in [0.3, 0.4) is 0 Å². The fraction of sp³-hybridized carbons (Fsp3) is 0.0882.